The molecule has 0 amide bonds. The number of benzene rings is 2. The average Bonchev–Trinajstić information content (AvgIpc) is 3.22. The lowest BCUT2D eigenvalue weighted by Gasteiger charge is -2.15. The van der Waals surface area contributed by atoms with Gasteiger partial charge in [-0.3, -0.25) is 0 Å². The summed E-state index contributed by atoms with van der Waals surface area (Å²) >= 11 is 0. The first kappa shape index (κ1) is 15.4. The first-order valence-corrected chi connectivity index (χ1v) is 8.00. The van der Waals surface area contributed by atoms with Crippen molar-refractivity contribution in [2.45, 2.75) is 13.1 Å². The van der Waals surface area contributed by atoms with Crippen molar-refractivity contribution in [1.82, 2.24) is 14.5 Å². The van der Waals surface area contributed by atoms with Gasteiger partial charge in [-0.25, -0.2) is 9.37 Å². The molecule has 126 valence electrons. The highest BCUT2D eigenvalue weighted by atomic mass is 19.1. The van der Waals surface area contributed by atoms with Crippen molar-refractivity contribution >= 4 is 17.1 Å². The molecule has 0 aliphatic rings. The fraction of sp³-hybridized carbons (Fsp3) is 0.158. The van der Waals surface area contributed by atoms with Gasteiger partial charge in [0, 0.05) is 32.1 Å². The first-order chi connectivity index (χ1) is 12.2. The fourth-order valence-corrected chi connectivity index (χ4v) is 2.75. The van der Waals surface area contributed by atoms with E-state index in [4.69, 9.17) is 4.42 Å². The standard InChI is InChI=1S/C19H17FN4O/c1-23(19-22-16-11-15(20)7-8-17(16)25-19)13-18-21-9-10-24(18)12-14-5-3-2-4-6-14/h2-11H,12-13H2,1H3. The van der Waals surface area contributed by atoms with Gasteiger partial charge in [0.05, 0.1) is 6.54 Å². The van der Waals surface area contributed by atoms with Gasteiger partial charge in [-0.05, 0) is 17.7 Å². The van der Waals surface area contributed by atoms with Crippen molar-refractivity contribution < 1.29 is 8.81 Å². The third-order valence-corrected chi connectivity index (χ3v) is 4.04. The maximum absolute atomic E-state index is 13.3. The Hall–Kier alpha value is -3.15. The number of hydrogen-bond acceptors (Lipinski definition) is 4. The number of halogens is 1. The molecule has 0 saturated heterocycles. The van der Waals surface area contributed by atoms with Crippen LogP contribution in [-0.2, 0) is 13.1 Å². The highest BCUT2D eigenvalue weighted by Crippen LogP contribution is 2.22. The molecule has 2 heterocycles. The molecule has 4 aromatic rings. The lowest BCUT2D eigenvalue weighted by Crippen LogP contribution is -2.20. The molecular formula is C19H17FN4O. The molecule has 6 heteroatoms. The van der Waals surface area contributed by atoms with Crippen LogP contribution in [0.2, 0.25) is 0 Å². The summed E-state index contributed by atoms with van der Waals surface area (Å²) < 4.78 is 21.1. The molecule has 4 rings (SSSR count). The van der Waals surface area contributed by atoms with Gasteiger partial charge in [0.25, 0.3) is 6.01 Å². The number of nitrogens with zero attached hydrogens (tertiary/aromatic N) is 4. The summed E-state index contributed by atoms with van der Waals surface area (Å²) in [7, 11) is 1.88. The van der Waals surface area contributed by atoms with E-state index in [9.17, 15) is 4.39 Å². The quantitative estimate of drug-likeness (QED) is 0.555. The predicted octanol–water partition coefficient (Wildman–Crippen LogP) is 3.85. The van der Waals surface area contributed by atoms with Crippen LogP contribution < -0.4 is 4.90 Å². The van der Waals surface area contributed by atoms with Crippen LogP contribution in [0.4, 0.5) is 10.4 Å². The van der Waals surface area contributed by atoms with Crippen molar-refractivity contribution in [2.75, 3.05) is 11.9 Å². The van der Waals surface area contributed by atoms with Gasteiger partial charge in [-0.2, -0.15) is 4.98 Å². The molecule has 0 N–H and O–H groups in total. The second kappa shape index (κ2) is 6.39. The summed E-state index contributed by atoms with van der Waals surface area (Å²) in [5.41, 5.74) is 2.28. The summed E-state index contributed by atoms with van der Waals surface area (Å²) in [6.07, 6.45) is 3.74. The number of fused-ring (bicyclic) bond motifs is 1. The lowest BCUT2D eigenvalue weighted by atomic mass is 10.2. The summed E-state index contributed by atoms with van der Waals surface area (Å²) in [4.78, 5) is 10.7. The molecule has 0 atom stereocenters. The molecule has 5 nitrogen and oxygen atoms in total. The predicted molar refractivity (Wildman–Crippen MR) is 93.8 cm³/mol. The van der Waals surface area contributed by atoms with Gasteiger partial charge in [0.15, 0.2) is 5.58 Å². The molecule has 25 heavy (non-hydrogen) atoms. The Morgan fingerprint density at radius 1 is 1.16 bits per heavy atom. The van der Waals surface area contributed by atoms with Crippen molar-refractivity contribution in [3.63, 3.8) is 0 Å². The number of hydrogen-bond donors (Lipinski definition) is 0. The Kier molecular flexibility index (Phi) is 3.93. The Bertz CT molecular complexity index is 993. The van der Waals surface area contributed by atoms with E-state index in [-0.39, 0.29) is 5.82 Å². The Morgan fingerprint density at radius 3 is 2.84 bits per heavy atom. The molecule has 0 fully saturated rings. The van der Waals surface area contributed by atoms with Gasteiger partial charge >= 0.3 is 0 Å². The number of imidazole rings is 1. The zero-order valence-electron chi connectivity index (χ0n) is 13.8. The second-order valence-corrected chi connectivity index (χ2v) is 5.92. The molecule has 0 radical (unpaired) electrons. The number of aromatic nitrogens is 3. The van der Waals surface area contributed by atoms with Gasteiger partial charge in [-0.15, -0.1) is 0 Å². The van der Waals surface area contributed by atoms with Gasteiger partial charge in [0.2, 0.25) is 0 Å². The minimum Gasteiger partial charge on any atom is -0.423 e. The third kappa shape index (κ3) is 3.24. The number of oxazole rings is 1. The molecule has 0 bridgehead atoms. The summed E-state index contributed by atoms with van der Waals surface area (Å²) in [6, 6.07) is 15.0. The van der Waals surface area contributed by atoms with Crippen LogP contribution in [0.1, 0.15) is 11.4 Å². The molecule has 0 unspecified atom stereocenters. The molecule has 0 aliphatic heterocycles. The average molecular weight is 336 g/mol. The van der Waals surface area contributed by atoms with Crippen molar-refractivity contribution in [1.29, 1.82) is 0 Å². The maximum atomic E-state index is 13.3. The summed E-state index contributed by atoms with van der Waals surface area (Å²) in [5.74, 6) is 0.577. The van der Waals surface area contributed by atoms with Crippen LogP contribution >= 0.6 is 0 Å². The summed E-state index contributed by atoms with van der Waals surface area (Å²) in [5, 5.41) is 0. The molecule has 0 aliphatic carbocycles. The molecule has 0 saturated carbocycles. The fourth-order valence-electron chi connectivity index (χ4n) is 2.75. The van der Waals surface area contributed by atoms with E-state index in [1.165, 1.54) is 17.7 Å². The molecular weight excluding hydrogens is 319 g/mol. The minimum atomic E-state index is -0.326. The lowest BCUT2D eigenvalue weighted by molar-refractivity contribution is 0.572. The molecule has 0 spiro atoms. The van der Waals surface area contributed by atoms with E-state index in [2.05, 4.69) is 26.7 Å². The van der Waals surface area contributed by atoms with Crippen LogP contribution in [0.3, 0.4) is 0 Å². The van der Waals surface area contributed by atoms with E-state index in [0.29, 0.717) is 23.7 Å². The van der Waals surface area contributed by atoms with E-state index >= 15 is 0 Å². The minimum absolute atomic E-state index is 0.326. The maximum Gasteiger partial charge on any atom is 0.298 e. The third-order valence-electron chi connectivity index (χ3n) is 4.04. The van der Waals surface area contributed by atoms with Crippen molar-refractivity contribution in [2.24, 2.45) is 0 Å². The van der Waals surface area contributed by atoms with E-state index < -0.39 is 0 Å². The number of rotatable bonds is 5. The highest BCUT2D eigenvalue weighted by Gasteiger charge is 2.14. The normalized spacial score (nSPS) is 11.1. The van der Waals surface area contributed by atoms with Crippen molar-refractivity contribution in [3.8, 4) is 0 Å². The van der Waals surface area contributed by atoms with Gasteiger partial charge in [-0.1, -0.05) is 30.3 Å². The van der Waals surface area contributed by atoms with E-state index in [1.807, 2.05) is 36.3 Å². The first-order valence-electron chi connectivity index (χ1n) is 8.00. The van der Waals surface area contributed by atoms with Crippen molar-refractivity contribution in [3.05, 3.63) is 78.1 Å². The highest BCUT2D eigenvalue weighted by molar-refractivity contribution is 5.74. The SMILES string of the molecule is CN(Cc1nccn1Cc1ccccc1)c1nc2cc(F)ccc2o1. The van der Waals surface area contributed by atoms with Crippen LogP contribution in [0, 0.1) is 5.82 Å². The zero-order valence-corrected chi connectivity index (χ0v) is 13.8. The second-order valence-electron chi connectivity index (χ2n) is 5.92. The van der Waals surface area contributed by atoms with Gasteiger partial charge in [0.1, 0.15) is 17.2 Å². The van der Waals surface area contributed by atoms with Crippen LogP contribution in [0.15, 0.2) is 65.3 Å². The van der Waals surface area contributed by atoms with Gasteiger partial charge < -0.3 is 13.9 Å². The van der Waals surface area contributed by atoms with E-state index in [0.717, 1.165) is 12.4 Å². The largest absolute Gasteiger partial charge is 0.423 e. The Balaban J connectivity index is 1.54. The topological polar surface area (TPSA) is 47.1 Å². The van der Waals surface area contributed by atoms with E-state index in [1.54, 1.807) is 12.3 Å². The zero-order chi connectivity index (χ0) is 17.2. The smallest absolute Gasteiger partial charge is 0.298 e. The Morgan fingerprint density at radius 2 is 2.00 bits per heavy atom. The monoisotopic (exact) mass is 336 g/mol. The molecule has 2 aromatic carbocycles. The molecule has 2 aromatic heterocycles. The number of anilines is 1. The van der Waals surface area contributed by atoms with Crippen LogP contribution in [0.25, 0.3) is 11.1 Å². The Labute approximate surface area is 144 Å². The summed E-state index contributed by atoms with van der Waals surface area (Å²) in [6.45, 7) is 1.29. The van der Waals surface area contributed by atoms with Crippen LogP contribution in [-0.4, -0.2) is 21.6 Å². The van der Waals surface area contributed by atoms with Crippen LogP contribution in [0.5, 0.6) is 0 Å².